The number of rotatable bonds is 18. The lowest BCUT2D eigenvalue weighted by Crippen LogP contribution is -2.60. The van der Waals surface area contributed by atoms with Gasteiger partial charge in [0, 0.05) is 59.1 Å². The Hall–Kier alpha value is -15.5. The Morgan fingerprint density at radius 3 is 1.41 bits per heavy atom. The zero-order chi connectivity index (χ0) is 108. The number of amides is 6. The summed E-state index contributed by atoms with van der Waals surface area (Å²) in [7, 11) is 1.19. The summed E-state index contributed by atoms with van der Waals surface area (Å²) in [5.74, 6) is -23.0. The summed E-state index contributed by atoms with van der Waals surface area (Å²) in [6, 6.07) is 24.7. The number of aliphatic hydroxyl groups excluding tert-OH is 8. The topological polar surface area (TPSA) is 694 Å². The number of aromatic hydroxyl groups is 7. The van der Waals surface area contributed by atoms with Gasteiger partial charge in [-0.05, 0) is 171 Å². The molecule has 6 amide bonds. The van der Waals surface area contributed by atoms with Gasteiger partial charge in [-0.1, -0.05) is 130 Å². The summed E-state index contributed by atoms with van der Waals surface area (Å²) < 4.78 is 29.4. The summed E-state index contributed by atoms with van der Waals surface area (Å²) in [6.45, 7) is -1.64. The van der Waals surface area contributed by atoms with Gasteiger partial charge in [0.05, 0.1) is 76.7 Å². The quantitative estimate of drug-likeness (QED) is 0.0284. The van der Waals surface area contributed by atoms with E-state index in [1.54, 1.807) is 0 Å². The number of hydrogen-bond donors (Lipinski definition) is 24. The summed E-state index contributed by atoms with van der Waals surface area (Å²) in [5, 5.41) is 201. The zero-order valence-electron chi connectivity index (χ0n) is 76.5. The molecule has 20 rings (SSSR count). The Morgan fingerprint density at radius 1 is 0.473 bits per heavy atom. The van der Waals surface area contributed by atoms with E-state index in [2.05, 4.69) is 31.6 Å². The minimum atomic E-state index is -2.07. The van der Waals surface area contributed by atoms with Crippen LogP contribution in [0.15, 0.2) is 182 Å². The Morgan fingerprint density at radius 2 is 0.933 bits per heavy atom. The minimum absolute atomic E-state index is 0.00301. The Balaban J connectivity index is 0.000000217. The van der Waals surface area contributed by atoms with Crippen molar-refractivity contribution in [2.45, 2.75) is 116 Å². The molecule has 0 saturated carbocycles. The van der Waals surface area contributed by atoms with E-state index in [-0.39, 0.29) is 128 Å². The molecule has 776 valence electrons. The van der Waals surface area contributed by atoms with E-state index < -0.39 is 276 Å². The number of phenolic OH excluding ortho intramolecular Hbond substituents is 7. The van der Waals surface area contributed by atoms with Gasteiger partial charge in [0.25, 0.3) is 5.91 Å². The van der Waals surface area contributed by atoms with Crippen molar-refractivity contribution in [3.8, 4) is 74.4 Å². The van der Waals surface area contributed by atoms with Crippen LogP contribution in [0.3, 0.4) is 0 Å². The average Bonchev–Trinajstić information content (AvgIpc) is 0.774. The van der Waals surface area contributed by atoms with E-state index in [4.69, 9.17) is 93.3 Å². The first-order chi connectivity index (χ1) is 71.2. The number of carbonyl (C=O) groups is 12. The fraction of sp³-hybridized carbons (Fsp3) is 0.216. The number of benzene rings is 11. The molecule has 2 fully saturated rings. The Bertz CT molecular complexity index is 7380. The minimum Gasteiger partial charge on any atom is -0.508 e. The zero-order valence-corrected chi connectivity index (χ0v) is 81.1. The molecule has 11 aromatic carbocycles. The SMILES string of the molecule is CN1C(=O)C(c2cc(Cl)c(O)c(Cl)c2)NC(=O)C2NC(=O)C(c3cc(Cl)c(O)c(Cl)c3)NC(=O)C(NC(=O)C(=O)c3cc(Cl)c(O)c(Cl)c3)c3c[nH]c4cc(ccc34)-c3cc2cc(c3O)Oc2ccc(cc2)CC1C(=O)NC(C(=O)O)c1ccc(O)cc1.O=C(O)c1cc(O)c2c(c1)[C@@H]([C@H]1c3cc(C(=O)O)cc(O)c3C(=O)c3c(OC4OC(CO)C(O)C(O)C4O)cccc31)c1cccc(OC3OC(CO)C(O)C(O)C3O)c1C2=O. The molecular formula is C102H81Cl6N7O35. The van der Waals surface area contributed by atoms with Crippen LogP contribution in [0.5, 0.6) is 63.2 Å². The molecule has 1 aromatic heterocycles. The fourth-order valence-electron chi connectivity index (χ4n) is 18.7. The van der Waals surface area contributed by atoms with Crippen molar-refractivity contribution in [3.05, 3.63) is 307 Å². The highest BCUT2D eigenvalue weighted by Crippen LogP contribution is 2.58. The van der Waals surface area contributed by atoms with Gasteiger partial charge in [-0.15, -0.1) is 0 Å². The highest BCUT2D eigenvalue weighted by molar-refractivity contribution is 6.45. The number of carboxylic acids is 3. The molecule has 12 aromatic rings. The third-order valence-electron chi connectivity index (χ3n) is 26.3. The van der Waals surface area contributed by atoms with Crippen LogP contribution in [-0.4, -0.2) is 260 Å². The van der Waals surface area contributed by atoms with Gasteiger partial charge < -0.3 is 152 Å². The predicted molar refractivity (Wildman–Crippen MR) is 523 cm³/mol. The monoisotopic (exact) mass is 2170 g/mol. The number of ether oxygens (including phenoxy) is 5. The molecule has 2 saturated heterocycles. The van der Waals surface area contributed by atoms with E-state index in [0.29, 0.717) is 5.56 Å². The maximum Gasteiger partial charge on any atom is 0.335 e. The number of H-pyrrole nitrogens is 1. The lowest BCUT2D eigenvalue weighted by atomic mass is 9.63. The number of nitrogens with one attached hydrogen (secondary N) is 6. The van der Waals surface area contributed by atoms with Crippen LogP contribution in [0.1, 0.15) is 161 Å². The van der Waals surface area contributed by atoms with Crippen LogP contribution < -0.4 is 40.8 Å². The molecule has 6 aliphatic heterocycles. The second-order valence-corrected chi connectivity index (χ2v) is 37.9. The Labute approximate surface area is 872 Å². The van der Waals surface area contributed by atoms with Gasteiger partial charge in [-0.2, -0.15) is 0 Å². The molecule has 18 atom stereocenters. The molecule has 2 aliphatic carbocycles. The van der Waals surface area contributed by atoms with Crippen LogP contribution in [0, 0.1) is 0 Å². The van der Waals surface area contributed by atoms with Crippen LogP contribution in [0.25, 0.3) is 22.0 Å². The van der Waals surface area contributed by atoms with Crippen molar-refractivity contribution in [3.63, 3.8) is 0 Å². The lowest BCUT2D eigenvalue weighted by molar-refractivity contribution is -0.277. The highest BCUT2D eigenvalue weighted by atomic mass is 35.5. The number of aromatic amines is 1. The standard InChI is InChI=1S/C60H43Cl6N7O15.C42H38O20/c1-73-42(54(80)71-47(60(86)87)24-4-7-30(74)8-5-24)12-23-2-9-31(10-3-23)88-43-21-26-13-33(50(43)76)25-6-11-32-34(22-67-41(32)20-25)48(72-58(84)49(75)29-18-39(65)53(79)40(66)19-29)57(83)69-45(27-14-35(61)51(77)36(62)15-27)55(81)68-44(26)56(82)70-46(59(73)85)28-16-37(63)52(78)38(64)17-28;43-11-23-31(47)35(51)37(53)41(61-23)59-21-5-1-3-15-25(17-7-13(39(55)56)9-19(45)27(17)33(49)29(15)21)26-16-4-2-6-22(60-42-38(54)36(52)32(48)24(12-44)62-42)30(16)34(50)28-18(26)8-14(40(57)58)10-20(28)46/h2-11,13-22,42,44-48,67,74,76-79H,12H2,1H3,(H,68,81)(H,69,83)(H,70,82)(H,71,80)(H,72,84)(H,86,87);1-10,23-26,31-32,35-38,41-48,51-54H,11-12H2,(H,55,56)(H,57,58)/t;23?,24?,25-,26+,31?,32?,35?,36?,37?,38?,41?,42?. The fourth-order valence-corrected chi connectivity index (χ4v) is 20.2. The maximum absolute atomic E-state index is 15.7. The van der Waals surface area contributed by atoms with Crippen LogP contribution >= 0.6 is 69.6 Å². The molecule has 7 heterocycles. The molecule has 0 spiro atoms. The second kappa shape index (κ2) is 42.3. The van der Waals surface area contributed by atoms with E-state index in [1.807, 2.05) is 0 Å². The van der Waals surface area contributed by atoms with Crippen LogP contribution in [0.2, 0.25) is 30.1 Å². The first-order valence-electron chi connectivity index (χ1n) is 44.9. The van der Waals surface area contributed by atoms with Crippen molar-refractivity contribution in [2.24, 2.45) is 0 Å². The molecule has 48 heteroatoms. The van der Waals surface area contributed by atoms with E-state index in [1.165, 1.54) is 129 Å². The average molecular weight is 2180 g/mol. The third kappa shape index (κ3) is 20.0. The van der Waals surface area contributed by atoms with Crippen LogP contribution in [-0.2, 0) is 49.5 Å². The summed E-state index contributed by atoms with van der Waals surface area (Å²) >= 11 is 38.0. The number of carboxylic acid groups (broad SMARTS) is 3. The molecule has 42 nitrogen and oxygen atoms in total. The number of fused-ring (bicyclic) bond motifs is 18. The molecular weight excluding hydrogens is 2100 g/mol. The maximum atomic E-state index is 15.7. The third-order valence-corrected chi connectivity index (χ3v) is 28.0. The van der Waals surface area contributed by atoms with Crippen molar-refractivity contribution in [1.82, 2.24) is 36.5 Å². The first-order valence-corrected chi connectivity index (χ1v) is 47.2. The number of nitrogens with zero attached hydrogens (tertiary/aromatic N) is 1. The number of aliphatic carboxylic acids is 1. The van der Waals surface area contributed by atoms with Crippen molar-refractivity contribution >= 4 is 151 Å². The summed E-state index contributed by atoms with van der Waals surface area (Å²) in [5.41, 5.74) is -3.07. The van der Waals surface area contributed by atoms with Gasteiger partial charge in [0.1, 0.15) is 114 Å². The number of aromatic carboxylic acids is 2. The first kappa shape index (κ1) is 106. The largest absolute Gasteiger partial charge is 0.508 e. The number of ketones is 3. The van der Waals surface area contributed by atoms with E-state index in [9.17, 15) is 130 Å². The summed E-state index contributed by atoms with van der Waals surface area (Å²) in [4.78, 5) is 175. The number of halogens is 6. The number of likely N-dealkylation sites (N-methyl/N-ethyl adjacent to an activating group) is 1. The number of carbonyl (C=O) groups excluding carboxylic acids is 9. The normalized spacial score (nSPS) is 23.1. The second-order valence-electron chi connectivity index (χ2n) is 35.4. The molecule has 0 radical (unpaired) electrons. The van der Waals surface area contributed by atoms with Crippen molar-refractivity contribution < 1.29 is 173 Å². The molecule has 8 aliphatic rings. The van der Waals surface area contributed by atoms with Gasteiger partial charge >= 0.3 is 17.9 Å². The number of aromatic nitrogens is 1. The number of phenols is 7. The molecule has 150 heavy (non-hydrogen) atoms. The molecule has 16 unspecified atom stereocenters. The van der Waals surface area contributed by atoms with Gasteiger partial charge in [0.2, 0.25) is 59.5 Å². The number of Topliss-reactive ketones (excluding diaryl/α,β-unsaturated/α-hetero) is 1. The van der Waals surface area contributed by atoms with Crippen molar-refractivity contribution in [1.29, 1.82) is 0 Å². The number of aliphatic hydroxyl groups is 8. The van der Waals surface area contributed by atoms with Gasteiger partial charge in [0.15, 0.2) is 34.8 Å². The predicted octanol–water partition coefficient (Wildman–Crippen LogP) is 8.23. The smallest absolute Gasteiger partial charge is 0.335 e. The van der Waals surface area contributed by atoms with Gasteiger partial charge in [-0.3, -0.25) is 43.2 Å². The molecule has 24 N–H and O–H groups in total. The van der Waals surface area contributed by atoms with Crippen LogP contribution in [0.4, 0.5) is 0 Å². The van der Waals surface area contributed by atoms with Gasteiger partial charge in [-0.25, -0.2) is 14.4 Å². The number of hydrogen-bond acceptors (Lipinski definition) is 32. The molecule has 9 bridgehead atoms. The van der Waals surface area contributed by atoms with Crippen molar-refractivity contribution in [2.75, 3.05) is 20.3 Å². The summed E-state index contributed by atoms with van der Waals surface area (Å²) in [6.07, 6.45) is -16.7. The van der Waals surface area contributed by atoms with E-state index >= 15 is 19.2 Å². The highest BCUT2D eigenvalue weighted by Gasteiger charge is 2.52. The Kier molecular flexibility index (Phi) is 29.8. The lowest BCUT2D eigenvalue weighted by Gasteiger charge is -2.41. The van der Waals surface area contributed by atoms with E-state index in [0.717, 1.165) is 65.6 Å².